The van der Waals surface area contributed by atoms with Crippen LogP contribution >= 0.6 is 0 Å². The van der Waals surface area contributed by atoms with Gasteiger partial charge < -0.3 is 10.6 Å². The topological polar surface area (TPSA) is 30.5 Å². The first-order valence-corrected chi connectivity index (χ1v) is 10.9. The van der Waals surface area contributed by atoms with Crippen LogP contribution in [-0.2, 0) is 13.1 Å². The molecular weight excluding hydrogens is 368 g/mol. The molecule has 0 bridgehead atoms. The molecule has 0 spiro atoms. The van der Waals surface area contributed by atoms with Gasteiger partial charge in [-0.15, -0.1) is 0 Å². The van der Waals surface area contributed by atoms with E-state index in [1.165, 1.54) is 16.7 Å². The maximum absolute atomic E-state index is 3.11. The number of nitrogens with one attached hydrogen (secondary N) is 2. The van der Waals surface area contributed by atoms with Crippen LogP contribution in [0, 0.1) is 0 Å². The van der Waals surface area contributed by atoms with Gasteiger partial charge in [-0.1, -0.05) is 91.0 Å². The average Bonchev–Trinajstić information content (AvgIpc) is 3.50. The molecule has 0 unspecified atom stereocenters. The Labute approximate surface area is 180 Å². The second-order valence-electron chi connectivity index (χ2n) is 7.87. The number of benzene rings is 3. The van der Waals surface area contributed by atoms with Gasteiger partial charge in [0, 0.05) is 45.9 Å². The summed E-state index contributed by atoms with van der Waals surface area (Å²) in [6.07, 6.45) is 0.335. The molecule has 0 aliphatic carbocycles. The molecule has 2 saturated heterocycles. The third kappa shape index (κ3) is 5.77. The molecule has 3 aromatic rings. The highest BCUT2D eigenvalue weighted by Gasteiger charge is 2.32. The van der Waals surface area contributed by atoms with E-state index in [1.807, 2.05) is 0 Å². The summed E-state index contributed by atoms with van der Waals surface area (Å²) in [6.45, 7) is 7.46. The number of hydrogen-bond acceptors (Lipinski definition) is 4. The lowest BCUT2D eigenvalue weighted by atomic mass is 10.1. The third-order valence-corrected chi connectivity index (χ3v) is 5.65. The first kappa shape index (κ1) is 20.8. The summed E-state index contributed by atoms with van der Waals surface area (Å²) in [4.78, 5) is 5.18. The summed E-state index contributed by atoms with van der Waals surface area (Å²) >= 11 is 0. The van der Waals surface area contributed by atoms with E-state index in [2.05, 4.69) is 111 Å². The van der Waals surface area contributed by atoms with Gasteiger partial charge in [0.25, 0.3) is 0 Å². The number of rotatable bonds is 5. The summed E-state index contributed by atoms with van der Waals surface area (Å²) in [6, 6.07) is 32.5. The minimum atomic E-state index is 0.335. The quantitative estimate of drug-likeness (QED) is 0.681. The van der Waals surface area contributed by atoms with Crippen molar-refractivity contribution in [3.63, 3.8) is 0 Å². The highest BCUT2D eigenvalue weighted by molar-refractivity contribution is 5.22. The lowest BCUT2D eigenvalue weighted by molar-refractivity contribution is 0.126. The molecule has 30 heavy (non-hydrogen) atoms. The van der Waals surface area contributed by atoms with Crippen molar-refractivity contribution in [3.05, 3.63) is 108 Å². The molecule has 5 rings (SSSR count). The second-order valence-corrected chi connectivity index (χ2v) is 7.87. The largest absolute Gasteiger partial charge is 0.303 e. The van der Waals surface area contributed by atoms with Crippen LogP contribution in [0.15, 0.2) is 91.0 Å². The van der Waals surface area contributed by atoms with Gasteiger partial charge in [0.1, 0.15) is 0 Å². The minimum absolute atomic E-state index is 0.335. The van der Waals surface area contributed by atoms with Gasteiger partial charge >= 0.3 is 0 Å². The van der Waals surface area contributed by atoms with Crippen LogP contribution in [0.25, 0.3) is 0 Å². The van der Waals surface area contributed by atoms with Crippen LogP contribution in [0.5, 0.6) is 0 Å². The molecule has 0 radical (unpaired) electrons. The van der Waals surface area contributed by atoms with E-state index in [0.29, 0.717) is 6.17 Å². The summed E-state index contributed by atoms with van der Waals surface area (Å²) in [5.74, 6) is 0. The zero-order valence-corrected chi connectivity index (χ0v) is 17.6. The lowest BCUT2D eigenvalue weighted by Crippen LogP contribution is -2.30. The van der Waals surface area contributed by atoms with Crippen molar-refractivity contribution in [2.75, 3.05) is 32.8 Å². The fourth-order valence-corrected chi connectivity index (χ4v) is 4.19. The zero-order chi connectivity index (χ0) is 20.4. The van der Waals surface area contributed by atoms with Gasteiger partial charge in [-0.05, 0) is 16.7 Å². The number of hydrogen-bond donors (Lipinski definition) is 2. The van der Waals surface area contributed by atoms with Crippen LogP contribution < -0.4 is 10.6 Å². The fourth-order valence-electron chi connectivity index (χ4n) is 4.19. The maximum atomic E-state index is 3.11. The van der Waals surface area contributed by atoms with Crippen molar-refractivity contribution in [3.8, 4) is 0 Å². The van der Waals surface area contributed by atoms with Crippen molar-refractivity contribution in [1.82, 2.24) is 20.4 Å². The first-order valence-electron chi connectivity index (χ1n) is 10.9. The standard InChI is InChI=1S/C23H24N2.C3H8N2/c1-4-10-20(11-5-1)18-24-16-17-25(19-21-12-6-2-7-13-21)23(24)22-14-8-3-9-15-22;1-2-5-3-4-1/h1-15,23H,16-19H2;4-5H,1-3H2. The molecule has 0 amide bonds. The van der Waals surface area contributed by atoms with Crippen molar-refractivity contribution in [2.24, 2.45) is 0 Å². The molecule has 4 nitrogen and oxygen atoms in total. The Morgan fingerprint density at radius 3 is 1.43 bits per heavy atom. The Morgan fingerprint density at radius 2 is 1.03 bits per heavy atom. The summed E-state index contributed by atoms with van der Waals surface area (Å²) in [7, 11) is 0. The lowest BCUT2D eigenvalue weighted by Gasteiger charge is -2.31. The Balaban J connectivity index is 0.000000383. The smallest absolute Gasteiger partial charge is 0.0892 e. The van der Waals surface area contributed by atoms with Crippen LogP contribution in [-0.4, -0.2) is 42.6 Å². The molecule has 4 heteroatoms. The Kier molecular flexibility index (Phi) is 7.64. The van der Waals surface area contributed by atoms with Crippen molar-refractivity contribution < 1.29 is 0 Å². The van der Waals surface area contributed by atoms with Gasteiger partial charge in [-0.3, -0.25) is 9.80 Å². The Bertz CT molecular complexity index is 793. The van der Waals surface area contributed by atoms with Crippen molar-refractivity contribution in [2.45, 2.75) is 19.3 Å². The van der Waals surface area contributed by atoms with Crippen LogP contribution in [0.3, 0.4) is 0 Å². The van der Waals surface area contributed by atoms with Crippen LogP contribution in [0.2, 0.25) is 0 Å². The van der Waals surface area contributed by atoms with Gasteiger partial charge in [0.05, 0.1) is 6.17 Å². The van der Waals surface area contributed by atoms with Crippen LogP contribution in [0.4, 0.5) is 0 Å². The normalized spacial score (nSPS) is 17.6. The molecule has 2 heterocycles. The fraction of sp³-hybridized carbons (Fsp3) is 0.308. The number of nitrogens with zero attached hydrogens (tertiary/aromatic N) is 2. The first-order chi connectivity index (χ1) is 14.9. The molecule has 156 valence electrons. The highest BCUT2D eigenvalue weighted by atomic mass is 15.4. The van der Waals surface area contributed by atoms with E-state index < -0.39 is 0 Å². The average molecular weight is 401 g/mol. The molecule has 2 N–H and O–H groups in total. The molecular formula is C26H32N4. The molecule has 2 fully saturated rings. The van der Waals surface area contributed by atoms with Crippen molar-refractivity contribution in [1.29, 1.82) is 0 Å². The monoisotopic (exact) mass is 400 g/mol. The van der Waals surface area contributed by atoms with Gasteiger partial charge in [0.15, 0.2) is 0 Å². The van der Waals surface area contributed by atoms with E-state index in [4.69, 9.17) is 0 Å². The van der Waals surface area contributed by atoms with Gasteiger partial charge in [-0.2, -0.15) is 0 Å². The second kappa shape index (κ2) is 11.0. The highest BCUT2D eigenvalue weighted by Crippen LogP contribution is 2.32. The predicted molar refractivity (Wildman–Crippen MR) is 124 cm³/mol. The molecule has 2 aliphatic heterocycles. The molecule has 0 aromatic heterocycles. The molecule has 0 saturated carbocycles. The maximum Gasteiger partial charge on any atom is 0.0892 e. The van der Waals surface area contributed by atoms with E-state index in [0.717, 1.165) is 45.9 Å². The van der Waals surface area contributed by atoms with Crippen LogP contribution in [0.1, 0.15) is 22.9 Å². The SMILES string of the molecule is C1CNCN1.c1ccc(CN2CCN(Cc3ccccc3)C2c2ccccc2)cc1. The van der Waals surface area contributed by atoms with E-state index in [9.17, 15) is 0 Å². The Morgan fingerprint density at radius 1 is 0.600 bits per heavy atom. The van der Waals surface area contributed by atoms with E-state index >= 15 is 0 Å². The van der Waals surface area contributed by atoms with Crippen molar-refractivity contribution >= 4 is 0 Å². The zero-order valence-electron chi connectivity index (χ0n) is 17.6. The van der Waals surface area contributed by atoms with E-state index in [-0.39, 0.29) is 0 Å². The molecule has 2 aliphatic rings. The third-order valence-electron chi connectivity index (χ3n) is 5.65. The summed E-state index contributed by atoms with van der Waals surface area (Å²) < 4.78 is 0. The summed E-state index contributed by atoms with van der Waals surface area (Å²) in [5.41, 5.74) is 4.14. The van der Waals surface area contributed by atoms with Gasteiger partial charge in [-0.25, -0.2) is 0 Å². The predicted octanol–water partition coefficient (Wildman–Crippen LogP) is 3.84. The minimum Gasteiger partial charge on any atom is -0.303 e. The van der Waals surface area contributed by atoms with E-state index in [1.54, 1.807) is 0 Å². The molecule has 0 atom stereocenters. The molecule has 3 aromatic carbocycles. The Hall–Kier alpha value is -2.50. The van der Waals surface area contributed by atoms with Gasteiger partial charge in [0.2, 0.25) is 0 Å². The summed E-state index contributed by atoms with van der Waals surface area (Å²) in [5, 5.41) is 6.22.